The minimum atomic E-state index is -0.222. The van der Waals surface area contributed by atoms with Crippen LogP contribution in [0.25, 0.3) is 0 Å². The van der Waals surface area contributed by atoms with E-state index in [1.54, 1.807) is 12.3 Å². The van der Waals surface area contributed by atoms with Crippen LogP contribution in [0.5, 0.6) is 0 Å². The van der Waals surface area contributed by atoms with Gasteiger partial charge >= 0.3 is 0 Å². The molecule has 0 atom stereocenters. The van der Waals surface area contributed by atoms with Crippen LogP contribution >= 0.6 is 15.9 Å². The van der Waals surface area contributed by atoms with Crippen molar-refractivity contribution < 1.29 is 4.79 Å². The second-order valence-electron chi connectivity index (χ2n) is 6.58. The number of hydrogen-bond donors (Lipinski definition) is 1. The van der Waals surface area contributed by atoms with Crippen LogP contribution in [-0.4, -0.2) is 23.6 Å². The first-order chi connectivity index (χ1) is 12.0. The number of carbonyl (C=O) groups excluding carboxylic acids is 1. The maximum atomic E-state index is 12.2. The van der Waals surface area contributed by atoms with Crippen molar-refractivity contribution >= 4 is 33.2 Å². The normalized spacial score (nSPS) is 15.2. The molecule has 1 aliphatic heterocycles. The van der Waals surface area contributed by atoms with Gasteiger partial charge in [-0.25, -0.2) is 0 Å². The van der Waals surface area contributed by atoms with E-state index in [0.717, 1.165) is 29.2 Å². The number of rotatable bonds is 4. The Labute approximate surface area is 155 Å². The van der Waals surface area contributed by atoms with Crippen molar-refractivity contribution in [2.24, 2.45) is 5.92 Å². The molecular formula is C19H22BrN3O2. The maximum absolute atomic E-state index is 12.2. The molecular weight excluding hydrogens is 382 g/mol. The van der Waals surface area contributed by atoms with Gasteiger partial charge in [0.05, 0.1) is 0 Å². The van der Waals surface area contributed by atoms with Gasteiger partial charge in [-0.2, -0.15) is 0 Å². The van der Waals surface area contributed by atoms with Crippen molar-refractivity contribution in [3.63, 3.8) is 0 Å². The van der Waals surface area contributed by atoms with Crippen molar-refractivity contribution in [3.8, 4) is 0 Å². The van der Waals surface area contributed by atoms with Crippen LogP contribution in [-0.2, 0) is 11.3 Å². The highest BCUT2D eigenvalue weighted by atomic mass is 79.9. The number of anilines is 2. The van der Waals surface area contributed by atoms with Crippen LogP contribution in [0.15, 0.2) is 51.9 Å². The summed E-state index contributed by atoms with van der Waals surface area (Å²) < 4.78 is 2.14. The molecule has 1 aromatic heterocycles. The number of pyridine rings is 1. The molecule has 2 aromatic rings. The highest BCUT2D eigenvalue weighted by Crippen LogP contribution is 2.24. The average Bonchev–Trinajstić information content (AvgIpc) is 2.59. The summed E-state index contributed by atoms with van der Waals surface area (Å²) >= 11 is 3.31. The van der Waals surface area contributed by atoms with Crippen molar-refractivity contribution in [2.75, 3.05) is 23.3 Å². The zero-order valence-electron chi connectivity index (χ0n) is 14.2. The summed E-state index contributed by atoms with van der Waals surface area (Å²) in [6.45, 7) is 4.45. The van der Waals surface area contributed by atoms with Crippen LogP contribution < -0.4 is 15.8 Å². The second-order valence-corrected chi connectivity index (χ2v) is 7.49. The van der Waals surface area contributed by atoms with Crippen molar-refractivity contribution in [3.05, 3.63) is 57.4 Å². The molecule has 0 radical (unpaired) electrons. The Bertz CT molecular complexity index is 793. The van der Waals surface area contributed by atoms with E-state index in [4.69, 9.17) is 0 Å². The second kappa shape index (κ2) is 7.87. The Hall–Kier alpha value is -2.08. The number of amides is 1. The van der Waals surface area contributed by atoms with E-state index in [9.17, 15) is 9.59 Å². The van der Waals surface area contributed by atoms with Crippen LogP contribution in [0.4, 0.5) is 11.4 Å². The fraction of sp³-hybridized carbons (Fsp3) is 0.368. The number of benzene rings is 1. The van der Waals surface area contributed by atoms with Crippen LogP contribution in [0.2, 0.25) is 0 Å². The van der Waals surface area contributed by atoms with E-state index in [-0.39, 0.29) is 18.0 Å². The number of piperidine rings is 1. The molecule has 2 heterocycles. The number of carbonyl (C=O) groups is 1. The molecule has 1 saturated heterocycles. The molecule has 1 aliphatic rings. The largest absolute Gasteiger partial charge is 0.372 e. The lowest BCUT2D eigenvalue weighted by molar-refractivity contribution is -0.116. The Kier molecular flexibility index (Phi) is 5.58. The van der Waals surface area contributed by atoms with Gasteiger partial charge in [-0.1, -0.05) is 6.92 Å². The minimum absolute atomic E-state index is 0.00988. The molecule has 132 valence electrons. The molecule has 0 aliphatic carbocycles. The molecule has 0 spiro atoms. The maximum Gasteiger partial charge on any atom is 0.251 e. The number of hydrogen-bond acceptors (Lipinski definition) is 3. The van der Waals surface area contributed by atoms with E-state index < -0.39 is 0 Å². The van der Waals surface area contributed by atoms with Crippen molar-refractivity contribution in [2.45, 2.75) is 26.3 Å². The molecule has 1 N–H and O–H groups in total. The van der Waals surface area contributed by atoms with Gasteiger partial charge in [0, 0.05) is 41.2 Å². The Morgan fingerprint density at radius 2 is 1.84 bits per heavy atom. The Morgan fingerprint density at radius 3 is 2.52 bits per heavy atom. The molecule has 25 heavy (non-hydrogen) atoms. The SMILES string of the molecule is CC1CCN(c2ccc(NC(=O)Cn3cc(Br)ccc3=O)cc2)CC1. The van der Waals surface area contributed by atoms with E-state index in [2.05, 4.69) is 33.1 Å². The smallest absolute Gasteiger partial charge is 0.251 e. The monoisotopic (exact) mass is 403 g/mol. The van der Waals surface area contributed by atoms with Gasteiger partial charge in [0.25, 0.3) is 5.56 Å². The topological polar surface area (TPSA) is 54.3 Å². The molecule has 0 unspecified atom stereocenters. The first kappa shape index (κ1) is 17.7. The summed E-state index contributed by atoms with van der Waals surface area (Å²) in [4.78, 5) is 26.3. The third-order valence-corrected chi connectivity index (χ3v) is 5.03. The van der Waals surface area contributed by atoms with E-state index in [1.807, 2.05) is 24.3 Å². The third-order valence-electron chi connectivity index (χ3n) is 4.56. The molecule has 0 saturated carbocycles. The van der Waals surface area contributed by atoms with Gasteiger partial charge in [-0.15, -0.1) is 0 Å². The van der Waals surface area contributed by atoms with Crippen molar-refractivity contribution in [1.82, 2.24) is 4.57 Å². The van der Waals surface area contributed by atoms with Crippen LogP contribution in [0.3, 0.4) is 0 Å². The predicted octanol–water partition coefficient (Wildman–Crippen LogP) is 3.49. The summed E-state index contributed by atoms with van der Waals surface area (Å²) in [6, 6.07) is 11.0. The third kappa shape index (κ3) is 4.72. The zero-order valence-corrected chi connectivity index (χ0v) is 15.8. The molecule has 3 rings (SSSR count). The minimum Gasteiger partial charge on any atom is -0.372 e. The predicted molar refractivity (Wildman–Crippen MR) is 104 cm³/mol. The molecule has 1 fully saturated rings. The summed E-state index contributed by atoms with van der Waals surface area (Å²) in [5, 5.41) is 2.84. The lowest BCUT2D eigenvalue weighted by Crippen LogP contribution is -2.32. The van der Waals surface area contributed by atoms with Gasteiger partial charge in [0.1, 0.15) is 6.54 Å². The average molecular weight is 404 g/mol. The molecule has 0 bridgehead atoms. The molecule has 1 aromatic carbocycles. The van der Waals surface area contributed by atoms with Gasteiger partial charge < -0.3 is 14.8 Å². The summed E-state index contributed by atoms with van der Waals surface area (Å²) in [7, 11) is 0. The van der Waals surface area contributed by atoms with E-state index in [0.29, 0.717) is 0 Å². The van der Waals surface area contributed by atoms with E-state index in [1.165, 1.54) is 29.2 Å². The Balaban J connectivity index is 1.60. The quantitative estimate of drug-likeness (QED) is 0.849. The lowest BCUT2D eigenvalue weighted by atomic mass is 9.99. The summed E-state index contributed by atoms with van der Waals surface area (Å²) in [5.74, 6) is 0.580. The highest BCUT2D eigenvalue weighted by molar-refractivity contribution is 9.10. The van der Waals surface area contributed by atoms with E-state index >= 15 is 0 Å². The van der Waals surface area contributed by atoms with Gasteiger partial charge in [-0.3, -0.25) is 9.59 Å². The van der Waals surface area contributed by atoms with Gasteiger partial charge in [-0.05, 0) is 65.0 Å². The first-order valence-electron chi connectivity index (χ1n) is 8.52. The zero-order chi connectivity index (χ0) is 17.8. The fourth-order valence-corrected chi connectivity index (χ4v) is 3.38. The Morgan fingerprint density at radius 1 is 1.16 bits per heavy atom. The number of aromatic nitrogens is 1. The number of halogens is 1. The molecule has 5 nitrogen and oxygen atoms in total. The van der Waals surface area contributed by atoms with Crippen LogP contribution in [0, 0.1) is 5.92 Å². The molecule has 1 amide bonds. The van der Waals surface area contributed by atoms with Crippen LogP contribution in [0.1, 0.15) is 19.8 Å². The lowest BCUT2D eigenvalue weighted by Gasteiger charge is -2.32. The fourth-order valence-electron chi connectivity index (χ4n) is 3.00. The van der Waals surface area contributed by atoms with Gasteiger partial charge in [0.2, 0.25) is 5.91 Å². The standard InChI is InChI=1S/C19H22BrN3O2/c1-14-8-10-22(11-9-14)17-5-3-16(4-6-17)21-18(24)13-23-12-15(20)2-7-19(23)25/h2-7,12,14H,8-11,13H2,1H3,(H,21,24). The van der Waals surface area contributed by atoms with Crippen molar-refractivity contribution in [1.29, 1.82) is 0 Å². The summed E-state index contributed by atoms with van der Waals surface area (Å²) in [5.41, 5.74) is 1.73. The number of nitrogens with one attached hydrogen (secondary N) is 1. The number of nitrogens with zero attached hydrogens (tertiary/aromatic N) is 2. The van der Waals surface area contributed by atoms with Gasteiger partial charge in [0.15, 0.2) is 0 Å². The summed E-state index contributed by atoms with van der Waals surface area (Å²) in [6.07, 6.45) is 4.06. The first-order valence-corrected chi connectivity index (χ1v) is 9.31. The highest BCUT2D eigenvalue weighted by Gasteiger charge is 2.16. The molecule has 6 heteroatoms.